The topological polar surface area (TPSA) is 35.5 Å². The number of rotatable bonds is 3. The second-order valence-electron chi connectivity index (χ2n) is 5.68. The van der Waals surface area contributed by atoms with Crippen LogP contribution in [-0.4, -0.2) is 35.2 Å². The third-order valence-corrected chi connectivity index (χ3v) is 4.65. The zero-order valence-corrected chi connectivity index (χ0v) is 11.0. The maximum Gasteiger partial charge on any atom is 0.0701 e. The summed E-state index contributed by atoms with van der Waals surface area (Å²) in [6.45, 7) is 0.114. The molecule has 3 nitrogen and oxygen atoms in total. The minimum absolute atomic E-state index is 0.114. The second-order valence-corrected chi connectivity index (χ2v) is 5.68. The maximum absolute atomic E-state index is 9.36. The smallest absolute Gasteiger partial charge is 0.0701 e. The van der Waals surface area contributed by atoms with Crippen LogP contribution in [0.2, 0.25) is 0 Å². The molecule has 0 radical (unpaired) electrons. The van der Waals surface area contributed by atoms with E-state index in [0.29, 0.717) is 6.04 Å². The van der Waals surface area contributed by atoms with Gasteiger partial charge in [0.1, 0.15) is 0 Å². The van der Waals surface area contributed by atoms with Crippen molar-refractivity contribution in [2.24, 2.45) is 0 Å². The van der Waals surface area contributed by atoms with Gasteiger partial charge in [-0.15, -0.1) is 0 Å². The van der Waals surface area contributed by atoms with Crippen LogP contribution < -0.4 is 5.32 Å². The van der Waals surface area contributed by atoms with Crippen LogP contribution in [0.3, 0.4) is 0 Å². The Morgan fingerprint density at radius 1 is 1.22 bits per heavy atom. The van der Waals surface area contributed by atoms with Gasteiger partial charge in [0.25, 0.3) is 0 Å². The number of piperidine rings is 1. The van der Waals surface area contributed by atoms with E-state index in [9.17, 15) is 5.11 Å². The van der Waals surface area contributed by atoms with Crippen molar-refractivity contribution in [1.82, 2.24) is 4.90 Å². The van der Waals surface area contributed by atoms with E-state index in [1.54, 1.807) is 0 Å². The lowest BCUT2D eigenvalue weighted by Gasteiger charge is -2.37. The fraction of sp³-hybridized carbons (Fsp3) is 0.600. The molecule has 0 amide bonds. The molecule has 2 atom stereocenters. The van der Waals surface area contributed by atoms with Crippen molar-refractivity contribution in [2.75, 3.05) is 12.4 Å². The van der Waals surface area contributed by atoms with Crippen LogP contribution in [0.5, 0.6) is 0 Å². The van der Waals surface area contributed by atoms with Crippen LogP contribution in [0.1, 0.15) is 31.2 Å². The first-order valence-corrected chi connectivity index (χ1v) is 6.95. The SMILES string of the molecule is CN1C2CCC1CC(Nc1ccccc1CO)C2. The number of anilines is 1. The molecular formula is C15H22N2O. The molecule has 2 aliphatic rings. The van der Waals surface area contributed by atoms with Gasteiger partial charge in [-0.3, -0.25) is 0 Å². The van der Waals surface area contributed by atoms with Crippen molar-refractivity contribution in [1.29, 1.82) is 0 Å². The minimum atomic E-state index is 0.114. The van der Waals surface area contributed by atoms with Gasteiger partial charge < -0.3 is 15.3 Å². The van der Waals surface area contributed by atoms with E-state index in [1.807, 2.05) is 18.2 Å². The summed E-state index contributed by atoms with van der Waals surface area (Å²) in [5.74, 6) is 0. The number of nitrogens with zero attached hydrogens (tertiary/aromatic N) is 1. The Hall–Kier alpha value is -1.06. The molecule has 3 rings (SSSR count). The number of hydrogen-bond donors (Lipinski definition) is 2. The molecule has 2 N–H and O–H groups in total. The van der Waals surface area contributed by atoms with Gasteiger partial charge in [-0.05, 0) is 38.8 Å². The summed E-state index contributed by atoms with van der Waals surface area (Å²) >= 11 is 0. The quantitative estimate of drug-likeness (QED) is 0.858. The lowest BCUT2D eigenvalue weighted by Crippen LogP contribution is -2.44. The molecule has 0 saturated carbocycles. The standard InChI is InChI=1S/C15H22N2O/c1-17-13-6-7-14(17)9-12(8-13)16-15-5-3-2-4-11(15)10-18/h2-5,12-14,16,18H,6-10H2,1H3. The molecule has 3 heteroatoms. The average Bonchev–Trinajstić information content (AvgIpc) is 2.63. The summed E-state index contributed by atoms with van der Waals surface area (Å²) in [6, 6.07) is 10.1. The highest BCUT2D eigenvalue weighted by Gasteiger charge is 2.38. The molecule has 1 aromatic rings. The molecule has 2 fully saturated rings. The van der Waals surface area contributed by atoms with Crippen molar-refractivity contribution in [3.8, 4) is 0 Å². The normalized spacial score (nSPS) is 31.6. The van der Waals surface area contributed by atoms with Crippen LogP contribution in [0.25, 0.3) is 0 Å². The first kappa shape index (κ1) is 12.0. The fourth-order valence-corrected chi connectivity index (χ4v) is 3.55. The summed E-state index contributed by atoms with van der Waals surface area (Å²) < 4.78 is 0. The van der Waals surface area contributed by atoms with Gasteiger partial charge in [-0.1, -0.05) is 18.2 Å². The number of fused-ring (bicyclic) bond motifs is 2. The molecule has 0 spiro atoms. The van der Waals surface area contributed by atoms with Crippen molar-refractivity contribution < 1.29 is 5.11 Å². The van der Waals surface area contributed by atoms with Gasteiger partial charge in [0.05, 0.1) is 6.61 Å². The van der Waals surface area contributed by atoms with Crippen LogP contribution in [0.15, 0.2) is 24.3 Å². The number of aliphatic hydroxyl groups excluding tert-OH is 1. The Bertz CT molecular complexity index is 407. The average molecular weight is 246 g/mol. The van der Waals surface area contributed by atoms with Gasteiger partial charge in [-0.2, -0.15) is 0 Å². The van der Waals surface area contributed by atoms with Crippen molar-refractivity contribution in [3.05, 3.63) is 29.8 Å². The van der Waals surface area contributed by atoms with Crippen molar-refractivity contribution >= 4 is 5.69 Å². The second kappa shape index (κ2) is 4.90. The van der Waals surface area contributed by atoms with Gasteiger partial charge >= 0.3 is 0 Å². The summed E-state index contributed by atoms with van der Waals surface area (Å²) in [4.78, 5) is 2.55. The maximum atomic E-state index is 9.36. The number of hydrogen-bond acceptors (Lipinski definition) is 3. The van der Waals surface area contributed by atoms with Crippen LogP contribution >= 0.6 is 0 Å². The van der Waals surface area contributed by atoms with E-state index in [-0.39, 0.29) is 6.61 Å². The fourth-order valence-electron chi connectivity index (χ4n) is 3.55. The molecule has 2 unspecified atom stereocenters. The molecule has 0 aliphatic carbocycles. The van der Waals surface area contributed by atoms with E-state index in [4.69, 9.17) is 0 Å². The van der Waals surface area contributed by atoms with Crippen LogP contribution in [0, 0.1) is 0 Å². The van der Waals surface area contributed by atoms with E-state index >= 15 is 0 Å². The zero-order chi connectivity index (χ0) is 12.5. The first-order chi connectivity index (χ1) is 8.78. The largest absolute Gasteiger partial charge is 0.392 e. The molecule has 18 heavy (non-hydrogen) atoms. The highest BCUT2D eigenvalue weighted by atomic mass is 16.3. The summed E-state index contributed by atoms with van der Waals surface area (Å²) in [6.07, 6.45) is 5.15. The number of benzene rings is 1. The monoisotopic (exact) mass is 246 g/mol. The van der Waals surface area contributed by atoms with Gasteiger partial charge in [0.15, 0.2) is 0 Å². The lowest BCUT2D eigenvalue weighted by atomic mass is 9.97. The van der Waals surface area contributed by atoms with Crippen molar-refractivity contribution in [3.63, 3.8) is 0 Å². The molecule has 2 bridgehead atoms. The molecule has 2 aliphatic heterocycles. The Balaban J connectivity index is 1.70. The Kier molecular flexibility index (Phi) is 3.27. The van der Waals surface area contributed by atoms with Gasteiger partial charge in [-0.25, -0.2) is 0 Å². The molecule has 0 aromatic heterocycles. The number of para-hydroxylation sites is 1. The van der Waals surface area contributed by atoms with Crippen molar-refractivity contribution in [2.45, 2.75) is 50.4 Å². The summed E-state index contributed by atoms with van der Waals surface area (Å²) in [5, 5.41) is 13.0. The van der Waals surface area contributed by atoms with E-state index in [0.717, 1.165) is 23.3 Å². The predicted molar refractivity (Wildman–Crippen MR) is 73.6 cm³/mol. The lowest BCUT2D eigenvalue weighted by molar-refractivity contribution is 0.169. The van der Waals surface area contributed by atoms with Crippen LogP contribution in [0.4, 0.5) is 5.69 Å². The Labute approximate surface area is 109 Å². The molecule has 2 saturated heterocycles. The molecule has 2 heterocycles. The van der Waals surface area contributed by atoms with E-state index in [1.165, 1.54) is 25.7 Å². The molecular weight excluding hydrogens is 224 g/mol. The Morgan fingerprint density at radius 2 is 1.89 bits per heavy atom. The predicted octanol–water partition coefficient (Wildman–Crippen LogP) is 2.22. The molecule has 1 aromatic carbocycles. The highest BCUT2D eigenvalue weighted by Crippen LogP contribution is 2.35. The third-order valence-electron chi connectivity index (χ3n) is 4.65. The van der Waals surface area contributed by atoms with Crippen LogP contribution in [-0.2, 0) is 6.61 Å². The van der Waals surface area contributed by atoms with E-state index in [2.05, 4.69) is 23.3 Å². The highest BCUT2D eigenvalue weighted by molar-refractivity contribution is 5.51. The zero-order valence-electron chi connectivity index (χ0n) is 11.0. The first-order valence-electron chi connectivity index (χ1n) is 6.95. The van der Waals surface area contributed by atoms with Gasteiger partial charge in [0.2, 0.25) is 0 Å². The number of nitrogens with one attached hydrogen (secondary N) is 1. The summed E-state index contributed by atoms with van der Waals surface area (Å²) in [5.41, 5.74) is 2.11. The molecule has 98 valence electrons. The van der Waals surface area contributed by atoms with Gasteiger partial charge in [0, 0.05) is 29.4 Å². The number of aliphatic hydroxyl groups is 1. The summed E-state index contributed by atoms with van der Waals surface area (Å²) in [7, 11) is 2.26. The minimum Gasteiger partial charge on any atom is -0.392 e. The Morgan fingerprint density at radius 3 is 2.56 bits per heavy atom. The third kappa shape index (κ3) is 2.13. The van der Waals surface area contributed by atoms with E-state index < -0.39 is 0 Å².